The lowest BCUT2D eigenvalue weighted by molar-refractivity contribution is 0.988. The van der Waals surface area contributed by atoms with Crippen molar-refractivity contribution in [2.75, 3.05) is 5.88 Å². The highest BCUT2D eigenvalue weighted by Gasteiger charge is 2.05. The Balaban J connectivity index is 2.25. The van der Waals surface area contributed by atoms with Gasteiger partial charge in [-0.15, -0.1) is 21.8 Å². The lowest BCUT2D eigenvalue weighted by Crippen LogP contribution is -1.83. The van der Waals surface area contributed by atoms with Gasteiger partial charge in [-0.25, -0.2) is 9.97 Å². The number of hydrogen-bond acceptors (Lipinski definition) is 5. The third-order valence-corrected chi connectivity index (χ3v) is 2.80. The van der Waals surface area contributed by atoms with E-state index in [9.17, 15) is 0 Å². The molecular formula is C8H7ClN4S. The molecule has 0 aromatic carbocycles. The fraction of sp³-hybridized carbons (Fsp3) is 0.250. The van der Waals surface area contributed by atoms with Crippen LogP contribution >= 0.6 is 22.9 Å². The zero-order valence-electron chi connectivity index (χ0n) is 7.22. The van der Waals surface area contributed by atoms with Crippen LogP contribution in [0.25, 0.3) is 10.6 Å². The fourth-order valence-electron chi connectivity index (χ4n) is 0.962. The van der Waals surface area contributed by atoms with Crippen LogP contribution in [-0.2, 0) is 6.42 Å². The van der Waals surface area contributed by atoms with Crippen molar-refractivity contribution in [3.05, 3.63) is 23.7 Å². The molecule has 0 saturated heterocycles. The minimum atomic E-state index is 0.569. The number of halogens is 1. The minimum Gasteiger partial charge on any atom is -0.244 e. The summed E-state index contributed by atoms with van der Waals surface area (Å²) in [7, 11) is 0. The third kappa shape index (κ3) is 2.05. The highest BCUT2D eigenvalue weighted by molar-refractivity contribution is 7.14. The van der Waals surface area contributed by atoms with Crippen LogP contribution in [0.4, 0.5) is 0 Å². The number of aromatic nitrogens is 4. The molecule has 0 spiro atoms. The Bertz CT molecular complexity index is 403. The number of hydrogen-bond donors (Lipinski definition) is 0. The maximum absolute atomic E-state index is 5.61. The summed E-state index contributed by atoms with van der Waals surface area (Å²) >= 11 is 7.13. The predicted molar refractivity (Wildman–Crippen MR) is 55.4 cm³/mol. The number of aryl methyl sites for hydroxylation is 1. The molecule has 0 aliphatic heterocycles. The monoisotopic (exact) mass is 226 g/mol. The van der Waals surface area contributed by atoms with Gasteiger partial charge in [0.2, 0.25) is 0 Å². The summed E-state index contributed by atoms with van der Waals surface area (Å²) in [6.45, 7) is 0. The van der Waals surface area contributed by atoms with Gasteiger partial charge in [0, 0.05) is 30.3 Å². The van der Waals surface area contributed by atoms with E-state index in [2.05, 4.69) is 20.2 Å². The van der Waals surface area contributed by atoms with Crippen molar-refractivity contribution in [3.8, 4) is 10.6 Å². The highest BCUT2D eigenvalue weighted by atomic mass is 35.5. The molecule has 0 aliphatic rings. The molecule has 6 heteroatoms. The van der Waals surface area contributed by atoms with Crippen LogP contribution in [0.5, 0.6) is 0 Å². The van der Waals surface area contributed by atoms with Crippen molar-refractivity contribution < 1.29 is 0 Å². The minimum absolute atomic E-state index is 0.569. The molecule has 2 aromatic heterocycles. The molecule has 2 rings (SSSR count). The van der Waals surface area contributed by atoms with Gasteiger partial charge >= 0.3 is 0 Å². The van der Waals surface area contributed by atoms with E-state index in [-0.39, 0.29) is 0 Å². The molecule has 0 N–H and O–H groups in total. The van der Waals surface area contributed by atoms with Gasteiger partial charge in [-0.1, -0.05) is 11.3 Å². The molecule has 0 radical (unpaired) electrons. The molecule has 0 bridgehead atoms. The quantitative estimate of drug-likeness (QED) is 0.749. The van der Waals surface area contributed by atoms with Gasteiger partial charge in [0.25, 0.3) is 0 Å². The predicted octanol–water partition coefficient (Wildman–Crippen LogP) is 1.78. The average Bonchev–Trinajstić information content (AvgIpc) is 2.68. The Morgan fingerprint density at radius 1 is 1.21 bits per heavy atom. The van der Waals surface area contributed by atoms with Crippen LogP contribution < -0.4 is 0 Å². The van der Waals surface area contributed by atoms with Crippen molar-refractivity contribution in [1.82, 2.24) is 20.2 Å². The summed E-state index contributed by atoms with van der Waals surface area (Å²) in [5.74, 6) is 0.569. The first-order valence-corrected chi connectivity index (χ1v) is 5.39. The molecule has 0 atom stereocenters. The van der Waals surface area contributed by atoms with E-state index in [1.807, 2.05) is 0 Å². The maximum atomic E-state index is 5.61. The molecule has 0 unspecified atom stereocenters. The van der Waals surface area contributed by atoms with Crippen molar-refractivity contribution in [2.45, 2.75) is 6.42 Å². The molecule has 4 nitrogen and oxygen atoms in total. The van der Waals surface area contributed by atoms with E-state index in [4.69, 9.17) is 11.6 Å². The summed E-state index contributed by atoms with van der Waals surface area (Å²) in [6.07, 6.45) is 5.69. The molecule has 2 aromatic rings. The maximum Gasteiger partial charge on any atom is 0.150 e. The Labute approximate surface area is 90.0 Å². The van der Waals surface area contributed by atoms with Gasteiger partial charge < -0.3 is 0 Å². The zero-order valence-corrected chi connectivity index (χ0v) is 8.79. The van der Waals surface area contributed by atoms with Crippen LogP contribution in [0.3, 0.4) is 0 Å². The molecule has 0 fully saturated rings. The third-order valence-electron chi connectivity index (χ3n) is 1.58. The summed E-state index contributed by atoms with van der Waals surface area (Å²) in [5, 5.41) is 9.83. The number of rotatable bonds is 3. The first-order valence-electron chi connectivity index (χ1n) is 4.04. The second kappa shape index (κ2) is 4.43. The summed E-state index contributed by atoms with van der Waals surface area (Å²) in [5.41, 5.74) is 0.894. The van der Waals surface area contributed by atoms with Gasteiger partial charge in [-0.2, -0.15) is 0 Å². The van der Waals surface area contributed by atoms with E-state index < -0.39 is 0 Å². The van der Waals surface area contributed by atoms with E-state index in [1.165, 1.54) is 17.7 Å². The Morgan fingerprint density at radius 2 is 2.00 bits per heavy atom. The first-order chi connectivity index (χ1) is 6.90. The van der Waals surface area contributed by atoms with E-state index >= 15 is 0 Å². The molecular weight excluding hydrogens is 220 g/mol. The lowest BCUT2D eigenvalue weighted by Gasteiger charge is -1.90. The van der Waals surface area contributed by atoms with Gasteiger partial charge in [0.05, 0.1) is 0 Å². The average molecular weight is 227 g/mol. The SMILES string of the molecule is ClCCc1nnc(-c2cncnc2)s1. The molecule has 0 saturated carbocycles. The topological polar surface area (TPSA) is 51.6 Å². The second-order valence-corrected chi connectivity index (χ2v) is 4.01. The normalized spacial score (nSPS) is 10.4. The van der Waals surface area contributed by atoms with Crippen molar-refractivity contribution in [3.63, 3.8) is 0 Å². The van der Waals surface area contributed by atoms with Gasteiger partial charge in [0.15, 0.2) is 5.01 Å². The number of alkyl halides is 1. The standard InChI is InChI=1S/C8H7ClN4S/c9-2-1-7-12-13-8(14-7)6-3-10-5-11-4-6/h3-5H,1-2H2. The number of nitrogens with zero attached hydrogens (tertiary/aromatic N) is 4. The van der Waals surface area contributed by atoms with Crippen molar-refractivity contribution >= 4 is 22.9 Å². The summed E-state index contributed by atoms with van der Waals surface area (Å²) < 4.78 is 0. The Morgan fingerprint density at radius 3 is 2.71 bits per heavy atom. The van der Waals surface area contributed by atoms with Crippen LogP contribution in [0.15, 0.2) is 18.7 Å². The van der Waals surface area contributed by atoms with Crippen LogP contribution in [-0.4, -0.2) is 26.0 Å². The molecule has 72 valence electrons. The Kier molecular flexibility index (Phi) is 3.00. The molecule has 14 heavy (non-hydrogen) atoms. The summed E-state index contributed by atoms with van der Waals surface area (Å²) in [4.78, 5) is 7.84. The lowest BCUT2D eigenvalue weighted by atomic mass is 10.4. The summed E-state index contributed by atoms with van der Waals surface area (Å²) in [6, 6.07) is 0. The largest absolute Gasteiger partial charge is 0.244 e. The van der Waals surface area contributed by atoms with Crippen molar-refractivity contribution in [2.24, 2.45) is 0 Å². The second-order valence-electron chi connectivity index (χ2n) is 2.57. The van der Waals surface area contributed by atoms with Crippen LogP contribution in [0, 0.1) is 0 Å². The fourth-order valence-corrected chi connectivity index (χ4v) is 2.07. The van der Waals surface area contributed by atoms with Gasteiger partial charge in [-0.3, -0.25) is 0 Å². The molecule has 0 amide bonds. The zero-order chi connectivity index (χ0) is 9.80. The smallest absolute Gasteiger partial charge is 0.150 e. The highest BCUT2D eigenvalue weighted by Crippen LogP contribution is 2.21. The Hall–Kier alpha value is -1.07. The van der Waals surface area contributed by atoms with E-state index in [0.717, 1.165) is 22.0 Å². The molecule has 2 heterocycles. The van der Waals surface area contributed by atoms with E-state index in [0.29, 0.717) is 5.88 Å². The van der Waals surface area contributed by atoms with Gasteiger partial charge in [0.1, 0.15) is 11.3 Å². The first kappa shape index (κ1) is 9.48. The molecule has 0 aliphatic carbocycles. The van der Waals surface area contributed by atoms with E-state index in [1.54, 1.807) is 12.4 Å². The van der Waals surface area contributed by atoms with Gasteiger partial charge in [-0.05, 0) is 0 Å². The van der Waals surface area contributed by atoms with Crippen LogP contribution in [0.2, 0.25) is 0 Å². The van der Waals surface area contributed by atoms with Crippen molar-refractivity contribution in [1.29, 1.82) is 0 Å². The van der Waals surface area contributed by atoms with Crippen LogP contribution in [0.1, 0.15) is 5.01 Å².